The molecular formula is C10H22N2O2. The first-order valence-electron chi connectivity index (χ1n) is 6.09. The molecular weight excluding hydrogens is 180 g/mol. The first kappa shape index (κ1) is 8.53. The van der Waals surface area contributed by atoms with Gasteiger partial charge in [-0.05, 0) is 34.8 Å². The predicted octanol–water partition coefficient (Wildman–Crippen LogP) is 1.41. The van der Waals surface area contributed by atoms with Crippen molar-refractivity contribution in [2.75, 3.05) is 34.2 Å². The van der Waals surface area contributed by atoms with Crippen LogP contribution < -0.4 is 0 Å². The van der Waals surface area contributed by atoms with Crippen molar-refractivity contribution in [1.29, 1.82) is 0 Å². The van der Waals surface area contributed by atoms with E-state index < -0.39 is 18.7 Å². The fourth-order valence-electron chi connectivity index (χ4n) is 0.731. The Labute approximate surface area is 91.0 Å². The summed E-state index contributed by atoms with van der Waals surface area (Å²) < 4.78 is 26.6. The van der Waals surface area contributed by atoms with Crippen LogP contribution in [0, 0.1) is 0 Å². The summed E-state index contributed by atoms with van der Waals surface area (Å²) in [6.07, 6.45) is -0.448. The van der Waals surface area contributed by atoms with Crippen molar-refractivity contribution in [2.24, 2.45) is 0 Å². The SMILES string of the molecule is [2H]C([2H])([2H])N(C)CCN(C)C(=O)OC(C)(C)C. The molecule has 0 radical (unpaired) electrons. The summed E-state index contributed by atoms with van der Waals surface area (Å²) in [4.78, 5) is 14.2. The van der Waals surface area contributed by atoms with Gasteiger partial charge in [0.1, 0.15) is 5.60 Å². The maximum Gasteiger partial charge on any atom is 0.410 e. The van der Waals surface area contributed by atoms with Gasteiger partial charge >= 0.3 is 6.09 Å². The molecule has 0 aromatic rings. The molecule has 84 valence electrons. The number of hydrogen-bond donors (Lipinski definition) is 0. The Balaban J connectivity index is 4.11. The van der Waals surface area contributed by atoms with Crippen molar-refractivity contribution in [1.82, 2.24) is 9.80 Å². The van der Waals surface area contributed by atoms with Gasteiger partial charge in [-0.3, -0.25) is 0 Å². The van der Waals surface area contributed by atoms with Crippen molar-refractivity contribution >= 4 is 6.09 Å². The van der Waals surface area contributed by atoms with Crippen LogP contribution in [0.15, 0.2) is 0 Å². The molecule has 14 heavy (non-hydrogen) atoms. The molecule has 0 saturated carbocycles. The normalized spacial score (nSPS) is 15.7. The largest absolute Gasteiger partial charge is 0.444 e. The molecule has 0 bridgehead atoms. The van der Waals surface area contributed by atoms with Gasteiger partial charge in [0.05, 0.1) is 0 Å². The molecule has 4 nitrogen and oxygen atoms in total. The molecule has 0 rings (SSSR count). The minimum atomic E-state index is -2.13. The molecule has 0 aromatic heterocycles. The highest BCUT2D eigenvalue weighted by Gasteiger charge is 2.19. The Morgan fingerprint density at radius 1 is 1.36 bits per heavy atom. The van der Waals surface area contributed by atoms with Crippen LogP contribution in [0.2, 0.25) is 0 Å². The van der Waals surface area contributed by atoms with Crippen LogP contribution in [0.1, 0.15) is 24.9 Å². The molecule has 0 unspecified atom stereocenters. The molecule has 0 aromatic carbocycles. The first-order valence-corrected chi connectivity index (χ1v) is 4.59. The quantitative estimate of drug-likeness (QED) is 0.698. The number of likely N-dealkylation sites (N-methyl/N-ethyl adjacent to an activating group) is 2. The van der Waals surface area contributed by atoms with Gasteiger partial charge in [-0.15, -0.1) is 0 Å². The van der Waals surface area contributed by atoms with Gasteiger partial charge in [0.25, 0.3) is 0 Å². The summed E-state index contributed by atoms with van der Waals surface area (Å²) >= 11 is 0. The van der Waals surface area contributed by atoms with Gasteiger partial charge in [-0.1, -0.05) is 0 Å². The number of carbonyl (C=O) groups excluding carboxylic acids is 1. The molecule has 0 aliphatic carbocycles. The van der Waals surface area contributed by atoms with Crippen LogP contribution in [-0.4, -0.2) is 55.7 Å². The lowest BCUT2D eigenvalue weighted by molar-refractivity contribution is 0.0290. The number of nitrogens with zero attached hydrogens (tertiary/aromatic N) is 2. The van der Waals surface area contributed by atoms with E-state index >= 15 is 0 Å². The summed E-state index contributed by atoms with van der Waals surface area (Å²) in [6.45, 7) is 3.80. The van der Waals surface area contributed by atoms with Crippen molar-refractivity contribution in [3.63, 3.8) is 0 Å². The third-order valence-electron chi connectivity index (χ3n) is 1.48. The fourth-order valence-corrected chi connectivity index (χ4v) is 0.731. The molecule has 0 heterocycles. The van der Waals surface area contributed by atoms with E-state index in [9.17, 15) is 4.79 Å². The van der Waals surface area contributed by atoms with Crippen LogP contribution in [0.3, 0.4) is 0 Å². The van der Waals surface area contributed by atoms with E-state index in [1.807, 2.05) is 0 Å². The lowest BCUT2D eigenvalue weighted by Crippen LogP contribution is -2.37. The summed E-state index contributed by atoms with van der Waals surface area (Å²) in [5.74, 6) is 0. The van der Waals surface area contributed by atoms with Gasteiger partial charge in [0, 0.05) is 24.2 Å². The molecule has 1 amide bonds. The zero-order valence-corrected chi connectivity index (χ0v) is 9.63. The number of amides is 1. The summed E-state index contributed by atoms with van der Waals surface area (Å²) in [6, 6.07) is 0. The number of carbonyl (C=O) groups is 1. The Morgan fingerprint density at radius 2 is 1.93 bits per heavy atom. The monoisotopic (exact) mass is 205 g/mol. The van der Waals surface area contributed by atoms with E-state index in [1.165, 1.54) is 16.8 Å². The van der Waals surface area contributed by atoms with E-state index in [2.05, 4.69) is 0 Å². The second-order valence-electron chi connectivity index (χ2n) is 4.32. The van der Waals surface area contributed by atoms with E-state index in [1.54, 1.807) is 27.8 Å². The van der Waals surface area contributed by atoms with Gasteiger partial charge < -0.3 is 14.5 Å². The summed E-state index contributed by atoms with van der Waals surface area (Å²) in [5.41, 5.74) is -0.540. The Hall–Kier alpha value is -0.770. The van der Waals surface area contributed by atoms with Crippen LogP contribution in [-0.2, 0) is 4.74 Å². The zero-order chi connectivity index (χ0) is 13.9. The molecule has 0 aliphatic heterocycles. The first-order chi connectivity index (χ1) is 7.43. The highest BCUT2D eigenvalue weighted by atomic mass is 16.6. The minimum absolute atomic E-state index is 0.270. The maximum atomic E-state index is 11.6. The van der Waals surface area contributed by atoms with E-state index in [0.29, 0.717) is 6.54 Å². The Morgan fingerprint density at radius 3 is 2.36 bits per heavy atom. The molecule has 0 atom stereocenters. The maximum absolute atomic E-state index is 11.6. The van der Waals surface area contributed by atoms with E-state index in [4.69, 9.17) is 8.85 Å². The predicted molar refractivity (Wildman–Crippen MR) is 57.4 cm³/mol. The molecule has 0 spiro atoms. The van der Waals surface area contributed by atoms with Crippen LogP contribution >= 0.6 is 0 Å². The minimum Gasteiger partial charge on any atom is -0.444 e. The second kappa shape index (κ2) is 5.20. The number of hydrogen-bond acceptors (Lipinski definition) is 3. The van der Waals surface area contributed by atoms with E-state index in [-0.39, 0.29) is 6.54 Å². The van der Waals surface area contributed by atoms with Crippen molar-refractivity contribution in [3.05, 3.63) is 0 Å². The molecule has 0 saturated heterocycles. The van der Waals surface area contributed by atoms with Crippen molar-refractivity contribution in [2.45, 2.75) is 26.4 Å². The average Bonchev–Trinajstić information content (AvgIpc) is 2.08. The second-order valence-corrected chi connectivity index (χ2v) is 4.32. The summed E-state index contributed by atoms with van der Waals surface area (Å²) in [7, 11) is 3.08. The third kappa shape index (κ3) is 6.71. The molecule has 0 N–H and O–H groups in total. The third-order valence-corrected chi connectivity index (χ3v) is 1.48. The van der Waals surface area contributed by atoms with Gasteiger partial charge in [0.2, 0.25) is 0 Å². The van der Waals surface area contributed by atoms with Crippen LogP contribution in [0.5, 0.6) is 0 Å². The summed E-state index contributed by atoms with van der Waals surface area (Å²) in [5, 5.41) is 0. The Bertz CT molecular complexity index is 261. The van der Waals surface area contributed by atoms with Crippen LogP contribution in [0.4, 0.5) is 4.79 Å². The van der Waals surface area contributed by atoms with Crippen LogP contribution in [0.25, 0.3) is 0 Å². The van der Waals surface area contributed by atoms with Crippen molar-refractivity contribution in [3.8, 4) is 0 Å². The highest BCUT2D eigenvalue weighted by Crippen LogP contribution is 2.08. The lowest BCUT2D eigenvalue weighted by Gasteiger charge is -2.25. The van der Waals surface area contributed by atoms with E-state index in [0.717, 1.165) is 0 Å². The Kier molecular flexibility index (Phi) is 3.17. The van der Waals surface area contributed by atoms with Gasteiger partial charge in [-0.25, -0.2) is 4.79 Å². The molecule has 0 aliphatic rings. The van der Waals surface area contributed by atoms with Gasteiger partial charge in [-0.2, -0.15) is 0 Å². The highest BCUT2D eigenvalue weighted by molar-refractivity contribution is 5.67. The standard InChI is InChI=1S/C10H22N2O2/c1-10(2,3)14-9(13)12(6)8-7-11(4)5/h7-8H2,1-6H3/i4D3. The number of ether oxygens (including phenoxy) is 1. The topological polar surface area (TPSA) is 32.8 Å². The molecule has 0 fully saturated rings. The molecule has 4 heteroatoms. The smallest absolute Gasteiger partial charge is 0.410 e. The zero-order valence-electron chi connectivity index (χ0n) is 12.6. The lowest BCUT2D eigenvalue weighted by atomic mass is 10.2. The average molecular weight is 205 g/mol. The fraction of sp³-hybridized carbons (Fsp3) is 0.900. The number of rotatable bonds is 3. The van der Waals surface area contributed by atoms with Gasteiger partial charge in [0.15, 0.2) is 0 Å². The van der Waals surface area contributed by atoms with Crippen molar-refractivity contribution < 1.29 is 13.6 Å².